The molecule has 6 heteroatoms. The Hall–Kier alpha value is -3.15. The number of esters is 3. The topological polar surface area (TPSA) is 78.9 Å². The number of carbonyl (C=O) groups excluding carboxylic acids is 3. The van der Waals surface area contributed by atoms with Gasteiger partial charge in [-0.25, -0.2) is 0 Å². The zero-order valence-corrected chi connectivity index (χ0v) is 46.3. The van der Waals surface area contributed by atoms with E-state index in [4.69, 9.17) is 14.2 Å². The van der Waals surface area contributed by atoms with Crippen LogP contribution in [0.3, 0.4) is 0 Å². The summed E-state index contributed by atoms with van der Waals surface area (Å²) in [5, 5.41) is 0. The van der Waals surface area contributed by atoms with E-state index in [0.717, 1.165) is 96.3 Å². The Bertz CT molecular complexity index is 1310. The fourth-order valence-corrected chi connectivity index (χ4v) is 8.47. The van der Waals surface area contributed by atoms with Gasteiger partial charge in [-0.05, 0) is 89.9 Å². The summed E-state index contributed by atoms with van der Waals surface area (Å²) < 4.78 is 16.8. The van der Waals surface area contributed by atoms with Crippen LogP contribution in [0.25, 0.3) is 0 Å². The average Bonchev–Trinajstić information content (AvgIpc) is 3.36. The van der Waals surface area contributed by atoms with Crippen molar-refractivity contribution in [1.29, 1.82) is 0 Å². The number of hydrogen-bond acceptors (Lipinski definition) is 6. The van der Waals surface area contributed by atoms with Crippen LogP contribution >= 0.6 is 0 Å². The highest BCUT2D eigenvalue weighted by atomic mass is 16.6. The molecular weight excluding hydrogens is 865 g/mol. The van der Waals surface area contributed by atoms with Gasteiger partial charge in [0.25, 0.3) is 0 Å². The zero-order chi connectivity index (χ0) is 50.7. The molecular formula is C64H112O6. The van der Waals surface area contributed by atoms with Crippen LogP contribution in [-0.4, -0.2) is 37.2 Å². The first-order chi connectivity index (χ1) is 34.5. The van der Waals surface area contributed by atoms with Crippen LogP contribution in [0.15, 0.2) is 72.9 Å². The predicted octanol–water partition coefficient (Wildman–Crippen LogP) is 20.2. The molecule has 1 unspecified atom stereocenters. The van der Waals surface area contributed by atoms with Crippen LogP contribution in [0.2, 0.25) is 0 Å². The van der Waals surface area contributed by atoms with E-state index in [1.165, 1.54) is 161 Å². The average molecular weight is 978 g/mol. The predicted molar refractivity (Wildman–Crippen MR) is 302 cm³/mol. The molecule has 0 rings (SSSR count). The molecule has 0 heterocycles. The molecule has 0 aliphatic rings. The van der Waals surface area contributed by atoms with E-state index in [9.17, 15) is 14.4 Å². The summed E-state index contributed by atoms with van der Waals surface area (Å²) in [6, 6.07) is 0. The van der Waals surface area contributed by atoms with E-state index in [0.29, 0.717) is 19.3 Å². The van der Waals surface area contributed by atoms with E-state index in [2.05, 4.69) is 93.7 Å². The van der Waals surface area contributed by atoms with Crippen LogP contribution in [0, 0.1) is 0 Å². The van der Waals surface area contributed by atoms with Gasteiger partial charge in [0.15, 0.2) is 6.10 Å². The fraction of sp³-hybridized carbons (Fsp3) is 0.766. The first kappa shape index (κ1) is 66.9. The van der Waals surface area contributed by atoms with Crippen molar-refractivity contribution in [2.45, 2.75) is 303 Å². The summed E-state index contributed by atoms with van der Waals surface area (Å²) >= 11 is 0. The molecule has 0 N–H and O–H groups in total. The molecule has 0 aliphatic carbocycles. The van der Waals surface area contributed by atoms with Crippen molar-refractivity contribution in [3.05, 3.63) is 72.9 Å². The Kier molecular flexibility index (Phi) is 55.8. The SMILES string of the molecule is CC/C=C\C/C=C\C/C=C\C/C=C\CCCCCCCCCCC(=O)OC(COC(=O)CCCCCCCC)COC(=O)CCCCCCCCCCCCCCC/C=C\C/C=C\CCCCCCC. The van der Waals surface area contributed by atoms with Gasteiger partial charge < -0.3 is 14.2 Å². The third kappa shape index (κ3) is 55.8. The summed E-state index contributed by atoms with van der Waals surface area (Å²) in [6.45, 7) is 6.47. The van der Waals surface area contributed by atoms with Crippen LogP contribution in [0.1, 0.15) is 297 Å². The number of carbonyl (C=O) groups is 3. The highest BCUT2D eigenvalue weighted by molar-refractivity contribution is 5.71. The quantitative estimate of drug-likeness (QED) is 0.0261. The van der Waals surface area contributed by atoms with Gasteiger partial charge in [-0.1, -0.05) is 261 Å². The van der Waals surface area contributed by atoms with Crippen molar-refractivity contribution < 1.29 is 28.6 Å². The smallest absolute Gasteiger partial charge is 0.306 e. The molecule has 0 amide bonds. The van der Waals surface area contributed by atoms with Crippen molar-refractivity contribution in [1.82, 2.24) is 0 Å². The lowest BCUT2D eigenvalue weighted by Crippen LogP contribution is -2.30. The molecule has 0 fully saturated rings. The number of allylic oxidation sites excluding steroid dienone is 12. The molecule has 0 aromatic carbocycles. The first-order valence-electron chi connectivity index (χ1n) is 29.9. The Labute approximate surface area is 433 Å². The lowest BCUT2D eigenvalue weighted by atomic mass is 10.0. The van der Waals surface area contributed by atoms with E-state index >= 15 is 0 Å². The molecule has 0 saturated carbocycles. The van der Waals surface area contributed by atoms with Crippen molar-refractivity contribution >= 4 is 17.9 Å². The van der Waals surface area contributed by atoms with Crippen molar-refractivity contribution in [2.75, 3.05) is 13.2 Å². The number of ether oxygens (including phenoxy) is 3. The summed E-state index contributed by atoms with van der Waals surface area (Å²) in [4.78, 5) is 37.9. The van der Waals surface area contributed by atoms with Gasteiger partial charge in [-0.2, -0.15) is 0 Å². The second-order valence-electron chi connectivity index (χ2n) is 19.9. The highest BCUT2D eigenvalue weighted by Crippen LogP contribution is 2.16. The number of rotatable bonds is 54. The molecule has 0 saturated heterocycles. The molecule has 0 aromatic rings. The van der Waals surface area contributed by atoms with E-state index in [1.807, 2.05) is 0 Å². The maximum atomic E-state index is 12.8. The first-order valence-corrected chi connectivity index (χ1v) is 29.9. The lowest BCUT2D eigenvalue weighted by Gasteiger charge is -2.18. The molecule has 0 aromatic heterocycles. The Morgan fingerprint density at radius 2 is 0.557 bits per heavy atom. The van der Waals surface area contributed by atoms with Crippen LogP contribution in [-0.2, 0) is 28.6 Å². The standard InChI is InChI=1S/C64H112O6/c1-4-7-10-13-16-18-20-22-24-26-28-30-31-32-33-35-36-38-40-42-44-46-48-51-54-57-63(66)69-60-61(59-68-62(65)56-53-50-15-12-9-6-3)70-64(67)58-55-52-49-47-45-43-41-39-37-34-29-27-25-23-21-19-17-14-11-8-5-2/h8,11,17,19-20,22-23,25-26,28-29,34,61H,4-7,9-10,12-16,18,21,24,27,30-33,35-60H2,1-3H3/b11-8-,19-17-,22-20-,25-23-,28-26-,34-29-. The van der Waals surface area contributed by atoms with Crippen LogP contribution < -0.4 is 0 Å². The molecule has 0 spiro atoms. The lowest BCUT2D eigenvalue weighted by molar-refractivity contribution is -0.167. The second kappa shape index (κ2) is 58.4. The van der Waals surface area contributed by atoms with Crippen LogP contribution in [0.5, 0.6) is 0 Å². The molecule has 70 heavy (non-hydrogen) atoms. The van der Waals surface area contributed by atoms with E-state index in [1.54, 1.807) is 0 Å². The fourth-order valence-electron chi connectivity index (χ4n) is 8.47. The minimum absolute atomic E-state index is 0.0774. The molecule has 404 valence electrons. The summed E-state index contributed by atoms with van der Waals surface area (Å²) in [7, 11) is 0. The third-order valence-electron chi connectivity index (χ3n) is 12.9. The van der Waals surface area contributed by atoms with E-state index < -0.39 is 6.10 Å². The Morgan fingerprint density at radius 1 is 0.300 bits per heavy atom. The van der Waals surface area contributed by atoms with Crippen molar-refractivity contribution in [3.8, 4) is 0 Å². The van der Waals surface area contributed by atoms with Crippen molar-refractivity contribution in [3.63, 3.8) is 0 Å². The molecule has 0 aliphatic heterocycles. The molecule has 0 bridgehead atoms. The largest absolute Gasteiger partial charge is 0.462 e. The maximum absolute atomic E-state index is 12.8. The molecule has 0 radical (unpaired) electrons. The van der Waals surface area contributed by atoms with Crippen molar-refractivity contribution in [2.24, 2.45) is 0 Å². The molecule has 6 nitrogen and oxygen atoms in total. The third-order valence-corrected chi connectivity index (χ3v) is 12.9. The summed E-state index contributed by atoms with van der Waals surface area (Å²) in [5.41, 5.74) is 0. The minimum Gasteiger partial charge on any atom is -0.462 e. The Balaban J connectivity index is 4.12. The van der Waals surface area contributed by atoms with Gasteiger partial charge in [0, 0.05) is 19.3 Å². The van der Waals surface area contributed by atoms with Gasteiger partial charge in [0.1, 0.15) is 13.2 Å². The van der Waals surface area contributed by atoms with E-state index in [-0.39, 0.29) is 31.1 Å². The van der Waals surface area contributed by atoms with Gasteiger partial charge >= 0.3 is 17.9 Å². The normalized spacial score (nSPS) is 12.6. The highest BCUT2D eigenvalue weighted by Gasteiger charge is 2.19. The maximum Gasteiger partial charge on any atom is 0.306 e. The molecule has 1 atom stereocenters. The number of hydrogen-bond donors (Lipinski definition) is 0. The minimum atomic E-state index is -0.777. The zero-order valence-electron chi connectivity index (χ0n) is 46.3. The monoisotopic (exact) mass is 977 g/mol. The van der Waals surface area contributed by atoms with Gasteiger partial charge in [0.2, 0.25) is 0 Å². The van der Waals surface area contributed by atoms with Gasteiger partial charge in [0.05, 0.1) is 0 Å². The number of unbranched alkanes of at least 4 members (excludes halogenated alkanes) is 31. The van der Waals surface area contributed by atoms with Crippen LogP contribution in [0.4, 0.5) is 0 Å². The van der Waals surface area contributed by atoms with Gasteiger partial charge in [-0.3, -0.25) is 14.4 Å². The summed E-state index contributed by atoms with van der Waals surface area (Å²) in [5.74, 6) is -0.887. The Morgan fingerprint density at radius 3 is 0.871 bits per heavy atom. The van der Waals surface area contributed by atoms with Gasteiger partial charge in [-0.15, -0.1) is 0 Å². The summed E-state index contributed by atoms with van der Waals surface area (Å²) in [6.07, 6.45) is 75.0. The second-order valence-corrected chi connectivity index (χ2v) is 19.9.